The molecule has 0 radical (unpaired) electrons. The molecule has 1 atom stereocenters. The van der Waals surface area contributed by atoms with Crippen LogP contribution < -0.4 is 5.69 Å². The van der Waals surface area contributed by atoms with Crippen molar-refractivity contribution in [2.75, 3.05) is 5.75 Å². The van der Waals surface area contributed by atoms with E-state index in [-0.39, 0.29) is 5.16 Å². The molecule has 5 nitrogen and oxygen atoms in total. The normalized spacial score (nSPS) is 13.4. The predicted molar refractivity (Wildman–Crippen MR) is 49.7 cm³/mol. The van der Waals surface area contributed by atoms with Gasteiger partial charge in [-0.15, -0.1) is 5.10 Å². The van der Waals surface area contributed by atoms with Crippen molar-refractivity contribution in [3.05, 3.63) is 10.5 Å². The van der Waals surface area contributed by atoms with Gasteiger partial charge in [-0.1, -0.05) is 11.8 Å². The number of hydrogen-bond donors (Lipinski definition) is 1. The molecule has 0 saturated heterocycles. The maximum Gasteiger partial charge on any atom is 0.405 e. The van der Waals surface area contributed by atoms with E-state index < -0.39 is 23.5 Å². The van der Waals surface area contributed by atoms with Crippen molar-refractivity contribution in [1.29, 1.82) is 5.26 Å². The van der Waals surface area contributed by atoms with Crippen molar-refractivity contribution in [2.24, 2.45) is 13.0 Å². The first kappa shape index (κ1) is 12.6. The van der Waals surface area contributed by atoms with E-state index in [1.165, 1.54) is 13.1 Å². The summed E-state index contributed by atoms with van der Waals surface area (Å²) in [5.41, 5.74) is -0.511. The van der Waals surface area contributed by atoms with E-state index in [4.69, 9.17) is 5.26 Å². The molecule has 0 aliphatic carbocycles. The lowest BCUT2D eigenvalue weighted by atomic mass is 10.2. The van der Waals surface area contributed by atoms with Crippen LogP contribution in [0.1, 0.15) is 0 Å². The van der Waals surface area contributed by atoms with E-state index in [1.54, 1.807) is 0 Å². The molecule has 0 spiro atoms. The van der Waals surface area contributed by atoms with Crippen molar-refractivity contribution in [3.8, 4) is 6.07 Å². The first-order valence-electron chi connectivity index (χ1n) is 4.06. The van der Waals surface area contributed by atoms with E-state index in [1.807, 2.05) is 0 Å². The Morgan fingerprint density at radius 1 is 1.69 bits per heavy atom. The molecular formula is C7H7F3N4OS. The molecule has 0 bridgehead atoms. The van der Waals surface area contributed by atoms with Crippen LogP contribution in [-0.4, -0.2) is 26.7 Å². The van der Waals surface area contributed by atoms with Crippen LogP contribution in [0.15, 0.2) is 9.95 Å². The first-order chi connectivity index (χ1) is 7.36. The molecular weight excluding hydrogens is 245 g/mol. The number of aromatic amines is 1. The summed E-state index contributed by atoms with van der Waals surface area (Å²) in [6.07, 6.45) is -4.56. The van der Waals surface area contributed by atoms with Gasteiger partial charge in [0.05, 0.1) is 6.07 Å². The van der Waals surface area contributed by atoms with Crippen molar-refractivity contribution >= 4 is 11.8 Å². The summed E-state index contributed by atoms with van der Waals surface area (Å²) < 4.78 is 37.7. The summed E-state index contributed by atoms with van der Waals surface area (Å²) >= 11 is 0.706. The number of nitrogens with zero attached hydrogens (tertiary/aromatic N) is 3. The quantitative estimate of drug-likeness (QED) is 0.811. The minimum Gasteiger partial charge on any atom is -0.273 e. The van der Waals surface area contributed by atoms with Gasteiger partial charge in [-0.25, -0.2) is 9.89 Å². The minimum absolute atomic E-state index is 0.120. The zero-order valence-electron chi connectivity index (χ0n) is 8.08. The number of aromatic nitrogens is 3. The lowest BCUT2D eigenvalue weighted by Gasteiger charge is -2.11. The van der Waals surface area contributed by atoms with Crippen molar-refractivity contribution in [3.63, 3.8) is 0 Å². The van der Waals surface area contributed by atoms with Crippen LogP contribution in [0, 0.1) is 17.2 Å². The second-order valence-corrected chi connectivity index (χ2v) is 3.89. The number of alkyl halides is 3. The van der Waals surface area contributed by atoms with Crippen molar-refractivity contribution < 1.29 is 13.2 Å². The fourth-order valence-corrected chi connectivity index (χ4v) is 1.79. The van der Waals surface area contributed by atoms with Gasteiger partial charge in [0, 0.05) is 12.8 Å². The van der Waals surface area contributed by atoms with Crippen LogP contribution in [0.2, 0.25) is 0 Å². The summed E-state index contributed by atoms with van der Waals surface area (Å²) in [6, 6.07) is 1.17. The number of hydrogen-bond acceptors (Lipinski definition) is 4. The second kappa shape index (κ2) is 4.61. The molecule has 1 aromatic heterocycles. The smallest absolute Gasteiger partial charge is 0.273 e. The van der Waals surface area contributed by atoms with Crippen LogP contribution >= 0.6 is 11.8 Å². The molecule has 1 heterocycles. The lowest BCUT2D eigenvalue weighted by Crippen LogP contribution is -2.23. The monoisotopic (exact) mass is 252 g/mol. The highest BCUT2D eigenvalue weighted by molar-refractivity contribution is 7.99. The third-order valence-corrected chi connectivity index (χ3v) is 2.89. The van der Waals surface area contributed by atoms with Gasteiger partial charge in [0.2, 0.25) is 0 Å². The molecule has 0 aliphatic rings. The molecule has 0 aromatic carbocycles. The fraction of sp³-hybridized carbons (Fsp3) is 0.571. The Morgan fingerprint density at radius 2 is 2.31 bits per heavy atom. The Balaban J connectivity index is 2.68. The molecule has 1 unspecified atom stereocenters. The zero-order chi connectivity index (χ0) is 12.3. The Bertz CT molecular complexity index is 457. The summed E-state index contributed by atoms with van der Waals surface area (Å²) in [4.78, 5) is 10.9. The summed E-state index contributed by atoms with van der Waals surface area (Å²) in [7, 11) is 1.38. The van der Waals surface area contributed by atoms with Gasteiger partial charge < -0.3 is 0 Å². The van der Waals surface area contributed by atoms with E-state index in [2.05, 4.69) is 10.2 Å². The van der Waals surface area contributed by atoms with Crippen molar-refractivity contribution in [1.82, 2.24) is 14.8 Å². The standard InChI is InChI=1S/C7H7F3N4OS/c1-14-5(15)12-13-6(14)16-3-4(2-11)7(8,9)10/h4H,3H2,1H3,(H,12,15). The number of nitriles is 1. The average Bonchev–Trinajstić information content (AvgIpc) is 2.48. The highest BCUT2D eigenvalue weighted by atomic mass is 32.2. The first-order valence-corrected chi connectivity index (χ1v) is 5.05. The SMILES string of the molecule is Cn1c(SCC(C#N)C(F)(F)F)n[nH]c1=O. The Hall–Kier alpha value is -1.43. The van der Waals surface area contributed by atoms with Gasteiger partial charge in [0.15, 0.2) is 11.1 Å². The molecule has 0 amide bonds. The van der Waals surface area contributed by atoms with Gasteiger partial charge >= 0.3 is 11.9 Å². The van der Waals surface area contributed by atoms with Gasteiger partial charge in [-0.05, 0) is 0 Å². The van der Waals surface area contributed by atoms with Crippen LogP contribution in [0.5, 0.6) is 0 Å². The van der Waals surface area contributed by atoms with E-state index >= 15 is 0 Å². The molecule has 16 heavy (non-hydrogen) atoms. The number of H-pyrrole nitrogens is 1. The highest BCUT2D eigenvalue weighted by Gasteiger charge is 2.40. The minimum atomic E-state index is -4.56. The van der Waals surface area contributed by atoms with Crippen LogP contribution in [-0.2, 0) is 7.05 Å². The molecule has 1 rings (SSSR count). The third-order valence-electron chi connectivity index (χ3n) is 1.77. The zero-order valence-corrected chi connectivity index (χ0v) is 8.89. The summed E-state index contributed by atoms with van der Waals surface area (Å²) in [6.45, 7) is 0. The van der Waals surface area contributed by atoms with E-state index in [9.17, 15) is 18.0 Å². The van der Waals surface area contributed by atoms with Gasteiger partial charge in [0.25, 0.3) is 0 Å². The molecule has 1 aromatic rings. The second-order valence-electron chi connectivity index (χ2n) is 2.90. The maximum atomic E-state index is 12.2. The molecule has 0 fully saturated rings. The highest BCUT2D eigenvalue weighted by Crippen LogP contribution is 2.30. The maximum absolute atomic E-state index is 12.2. The summed E-state index contributed by atoms with van der Waals surface area (Å²) in [5, 5.41) is 14.1. The largest absolute Gasteiger partial charge is 0.405 e. The lowest BCUT2D eigenvalue weighted by molar-refractivity contribution is -0.152. The van der Waals surface area contributed by atoms with Gasteiger partial charge in [-0.2, -0.15) is 18.4 Å². The van der Waals surface area contributed by atoms with Crippen LogP contribution in [0.3, 0.4) is 0 Å². The Labute approximate surface area is 92.3 Å². The molecule has 0 aliphatic heterocycles. The third kappa shape index (κ3) is 2.79. The number of halogens is 3. The molecule has 88 valence electrons. The van der Waals surface area contributed by atoms with E-state index in [0.717, 1.165) is 4.57 Å². The Kier molecular flexibility index (Phi) is 3.64. The van der Waals surface area contributed by atoms with E-state index in [0.29, 0.717) is 11.8 Å². The fourth-order valence-electron chi connectivity index (χ4n) is 0.824. The number of thioether (sulfide) groups is 1. The average molecular weight is 252 g/mol. The number of nitrogens with one attached hydrogen (secondary N) is 1. The van der Waals surface area contributed by atoms with Crippen molar-refractivity contribution in [2.45, 2.75) is 11.3 Å². The topological polar surface area (TPSA) is 74.5 Å². The summed E-state index contributed by atoms with van der Waals surface area (Å²) in [5.74, 6) is -2.55. The Morgan fingerprint density at radius 3 is 2.69 bits per heavy atom. The molecule has 9 heteroatoms. The van der Waals surface area contributed by atoms with Gasteiger partial charge in [-0.3, -0.25) is 4.57 Å². The molecule has 0 saturated carbocycles. The predicted octanol–water partition coefficient (Wildman–Crippen LogP) is 0.903. The number of rotatable bonds is 3. The molecule has 1 N–H and O–H groups in total. The van der Waals surface area contributed by atoms with Gasteiger partial charge in [0.1, 0.15) is 0 Å². The van der Waals surface area contributed by atoms with Crippen LogP contribution in [0.25, 0.3) is 0 Å². The van der Waals surface area contributed by atoms with Crippen LogP contribution in [0.4, 0.5) is 13.2 Å².